The number of phenols is 1. The minimum Gasteiger partial charge on any atom is -0.508 e. The topological polar surface area (TPSA) is 123 Å². The number of aromatic amines is 1. The van der Waals surface area contributed by atoms with Crippen LogP contribution in [-0.4, -0.2) is 38.5 Å². The Labute approximate surface area is 220 Å². The Morgan fingerprint density at radius 3 is 2.41 bits per heavy atom. The van der Waals surface area contributed by atoms with Crippen LogP contribution in [0.3, 0.4) is 0 Å². The molecule has 2 saturated heterocycles. The quantitative estimate of drug-likeness (QED) is 0.272. The van der Waals surface area contributed by atoms with E-state index in [4.69, 9.17) is 0 Å². The maximum atomic E-state index is 14.0. The SMILES string of the molecule is O=C1[C@H]2[C@@H](c3ccccc3O)N[C@](Cc3c[nH]c4ccccc34)(C(=O)O)[C@@H]2C(=O)N1c1ccc(Br)cc1. The Morgan fingerprint density at radius 1 is 0.973 bits per heavy atom. The largest absolute Gasteiger partial charge is 0.508 e. The van der Waals surface area contributed by atoms with Gasteiger partial charge in [0.25, 0.3) is 0 Å². The van der Waals surface area contributed by atoms with Gasteiger partial charge in [-0.1, -0.05) is 52.3 Å². The van der Waals surface area contributed by atoms with E-state index >= 15 is 0 Å². The normalized spacial score (nSPS) is 25.1. The van der Waals surface area contributed by atoms with Crippen molar-refractivity contribution in [3.63, 3.8) is 0 Å². The van der Waals surface area contributed by atoms with Crippen LogP contribution in [0.1, 0.15) is 17.2 Å². The maximum Gasteiger partial charge on any atom is 0.325 e. The van der Waals surface area contributed by atoms with Crippen LogP contribution in [0.25, 0.3) is 10.9 Å². The first-order valence-electron chi connectivity index (χ1n) is 11.8. The highest BCUT2D eigenvalue weighted by Crippen LogP contribution is 2.52. The van der Waals surface area contributed by atoms with E-state index in [2.05, 4.69) is 26.2 Å². The van der Waals surface area contributed by atoms with Crippen molar-refractivity contribution in [2.75, 3.05) is 4.90 Å². The van der Waals surface area contributed by atoms with E-state index in [1.807, 2.05) is 24.3 Å². The molecule has 0 spiro atoms. The number of aromatic hydroxyl groups is 1. The number of rotatable bonds is 5. The number of anilines is 1. The van der Waals surface area contributed by atoms with Crippen molar-refractivity contribution in [1.29, 1.82) is 0 Å². The molecule has 37 heavy (non-hydrogen) atoms. The summed E-state index contributed by atoms with van der Waals surface area (Å²) in [5.41, 5.74) is 0.507. The summed E-state index contributed by atoms with van der Waals surface area (Å²) in [4.78, 5) is 45.2. The van der Waals surface area contributed by atoms with E-state index in [1.54, 1.807) is 48.7 Å². The number of carbonyl (C=O) groups is 3. The summed E-state index contributed by atoms with van der Waals surface area (Å²) in [5, 5.41) is 25.3. The zero-order chi connectivity index (χ0) is 25.9. The van der Waals surface area contributed by atoms with Gasteiger partial charge in [-0.2, -0.15) is 0 Å². The van der Waals surface area contributed by atoms with Crippen molar-refractivity contribution >= 4 is 50.3 Å². The fraction of sp³-hybridized carbons (Fsp3) is 0.179. The second-order valence-electron chi connectivity index (χ2n) is 9.49. The number of carboxylic acids is 1. The number of hydrogen-bond donors (Lipinski definition) is 4. The fourth-order valence-corrected chi connectivity index (χ4v) is 6.14. The van der Waals surface area contributed by atoms with Gasteiger partial charge in [-0.15, -0.1) is 0 Å². The van der Waals surface area contributed by atoms with Gasteiger partial charge in [-0.25, -0.2) is 4.90 Å². The van der Waals surface area contributed by atoms with Gasteiger partial charge < -0.3 is 15.2 Å². The number of carbonyl (C=O) groups excluding carboxylic acids is 2. The number of hydrogen-bond acceptors (Lipinski definition) is 5. The molecule has 3 heterocycles. The summed E-state index contributed by atoms with van der Waals surface area (Å²) in [6.45, 7) is 0. The van der Waals surface area contributed by atoms with Crippen molar-refractivity contribution in [1.82, 2.24) is 10.3 Å². The number of nitrogens with one attached hydrogen (secondary N) is 2. The zero-order valence-corrected chi connectivity index (χ0v) is 21.0. The van der Waals surface area contributed by atoms with Crippen LogP contribution in [0.2, 0.25) is 0 Å². The van der Waals surface area contributed by atoms with Crippen LogP contribution in [0, 0.1) is 11.8 Å². The molecule has 2 aliphatic heterocycles. The minimum absolute atomic E-state index is 0.0369. The number of halogens is 1. The van der Waals surface area contributed by atoms with Crippen LogP contribution in [-0.2, 0) is 20.8 Å². The van der Waals surface area contributed by atoms with E-state index in [0.717, 1.165) is 20.3 Å². The number of phenolic OH excluding ortho intramolecular Hbond substituents is 1. The van der Waals surface area contributed by atoms with Crippen LogP contribution in [0.15, 0.2) is 83.5 Å². The number of para-hydroxylation sites is 2. The third-order valence-electron chi connectivity index (χ3n) is 7.54. The number of amides is 2. The smallest absolute Gasteiger partial charge is 0.325 e. The summed E-state index contributed by atoms with van der Waals surface area (Å²) in [6, 6.07) is 19.9. The number of nitrogens with zero attached hydrogens (tertiary/aromatic N) is 1. The van der Waals surface area contributed by atoms with Gasteiger partial charge in [0, 0.05) is 39.6 Å². The molecule has 0 unspecified atom stereocenters. The molecule has 186 valence electrons. The Morgan fingerprint density at radius 2 is 1.68 bits per heavy atom. The Bertz CT molecular complexity index is 1570. The average molecular weight is 560 g/mol. The lowest BCUT2D eigenvalue weighted by molar-refractivity contribution is -0.148. The molecule has 3 aromatic carbocycles. The molecule has 2 aliphatic rings. The second kappa shape index (κ2) is 8.57. The molecule has 0 saturated carbocycles. The molecular formula is C28H22BrN3O5. The van der Waals surface area contributed by atoms with E-state index in [0.29, 0.717) is 16.8 Å². The van der Waals surface area contributed by atoms with Gasteiger partial charge in [0.05, 0.1) is 17.5 Å². The van der Waals surface area contributed by atoms with Crippen LogP contribution >= 0.6 is 15.9 Å². The number of H-pyrrole nitrogens is 1. The molecule has 1 aromatic heterocycles. The number of aliphatic carboxylic acids is 1. The first kappa shape index (κ1) is 23.4. The molecule has 4 atom stereocenters. The highest BCUT2D eigenvalue weighted by Gasteiger charge is 2.69. The Hall–Kier alpha value is -3.95. The Balaban J connectivity index is 1.52. The molecule has 2 fully saturated rings. The van der Waals surface area contributed by atoms with Crippen LogP contribution < -0.4 is 10.2 Å². The highest BCUT2D eigenvalue weighted by atomic mass is 79.9. The predicted octanol–water partition coefficient (Wildman–Crippen LogP) is 4.15. The third-order valence-corrected chi connectivity index (χ3v) is 8.07. The standard InChI is InChI=1S/C28H22BrN3O5/c29-16-9-11-17(12-10-16)32-25(34)22-23(26(32)35)28(27(36)37,31-24(22)19-6-2-4-8-21(19)33)13-15-14-30-20-7-3-1-5-18(15)20/h1-12,14,22-24,30-31,33H,13H2,(H,36,37)/t22-,23+,24-,28+/m1/s1. The van der Waals surface area contributed by atoms with Crippen LogP contribution in [0.4, 0.5) is 5.69 Å². The lowest BCUT2D eigenvalue weighted by Gasteiger charge is -2.31. The van der Waals surface area contributed by atoms with Crippen molar-refractivity contribution in [2.45, 2.75) is 18.0 Å². The summed E-state index contributed by atoms with van der Waals surface area (Å²) < 4.78 is 0.781. The maximum absolute atomic E-state index is 14.0. The molecule has 0 aliphatic carbocycles. The molecule has 6 rings (SSSR count). The molecule has 0 bridgehead atoms. The molecule has 4 aromatic rings. The predicted molar refractivity (Wildman–Crippen MR) is 140 cm³/mol. The fourth-order valence-electron chi connectivity index (χ4n) is 5.88. The van der Waals surface area contributed by atoms with Gasteiger partial charge in [0.2, 0.25) is 11.8 Å². The monoisotopic (exact) mass is 559 g/mol. The van der Waals surface area contributed by atoms with Gasteiger partial charge in [0.15, 0.2) is 0 Å². The number of benzene rings is 3. The first-order chi connectivity index (χ1) is 17.8. The van der Waals surface area contributed by atoms with E-state index in [1.165, 1.54) is 6.07 Å². The van der Waals surface area contributed by atoms with Crippen LogP contribution in [0.5, 0.6) is 5.75 Å². The third kappa shape index (κ3) is 3.49. The number of fused-ring (bicyclic) bond motifs is 2. The van der Waals surface area contributed by atoms with Gasteiger partial charge in [-0.3, -0.25) is 19.7 Å². The molecule has 2 amide bonds. The number of aromatic nitrogens is 1. The van der Waals surface area contributed by atoms with Crippen molar-refractivity contribution in [2.24, 2.45) is 11.8 Å². The van der Waals surface area contributed by atoms with Gasteiger partial charge >= 0.3 is 5.97 Å². The molecule has 0 radical (unpaired) electrons. The summed E-state index contributed by atoms with van der Waals surface area (Å²) in [5.74, 6) is -4.60. The number of imide groups is 1. The summed E-state index contributed by atoms with van der Waals surface area (Å²) >= 11 is 3.36. The minimum atomic E-state index is -1.79. The Kier molecular flexibility index (Phi) is 5.43. The second-order valence-corrected chi connectivity index (χ2v) is 10.4. The molecule has 9 heteroatoms. The lowest BCUT2D eigenvalue weighted by atomic mass is 9.76. The summed E-state index contributed by atoms with van der Waals surface area (Å²) in [7, 11) is 0. The average Bonchev–Trinajstić information content (AvgIpc) is 3.53. The van der Waals surface area contributed by atoms with Crippen molar-refractivity contribution in [3.8, 4) is 5.75 Å². The van der Waals surface area contributed by atoms with E-state index < -0.39 is 41.2 Å². The van der Waals surface area contributed by atoms with Crippen molar-refractivity contribution in [3.05, 3.63) is 94.6 Å². The summed E-state index contributed by atoms with van der Waals surface area (Å²) in [6.07, 6.45) is 1.71. The van der Waals surface area contributed by atoms with E-state index in [9.17, 15) is 24.6 Å². The number of carboxylic acid groups (broad SMARTS) is 1. The first-order valence-corrected chi connectivity index (χ1v) is 12.6. The van der Waals surface area contributed by atoms with E-state index in [-0.39, 0.29) is 12.2 Å². The highest BCUT2D eigenvalue weighted by molar-refractivity contribution is 9.10. The van der Waals surface area contributed by atoms with Gasteiger partial charge in [-0.05, 0) is 42.0 Å². The molecule has 8 nitrogen and oxygen atoms in total. The molecular weight excluding hydrogens is 538 g/mol. The van der Waals surface area contributed by atoms with Crippen molar-refractivity contribution < 1.29 is 24.6 Å². The van der Waals surface area contributed by atoms with Gasteiger partial charge in [0.1, 0.15) is 11.3 Å². The lowest BCUT2D eigenvalue weighted by Crippen LogP contribution is -2.57. The zero-order valence-electron chi connectivity index (χ0n) is 19.4. The molecule has 4 N–H and O–H groups in total.